The maximum Gasteiger partial charge on any atom is 0.338 e. The van der Waals surface area contributed by atoms with E-state index in [0.717, 1.165) is 5.56 Å². The predicted octanol–water partition coefficient (Wildman–Crippen LogP) is 6.06. The number of benzene rings is 3. The molecular weight excluding hydrogens is 691 g/mol. The monoisotopic (exact) mass is 718 g/mol. The van der Waals surface area contributed by atoms with Crippen molar-refractivity contribution in [1.82, 2.24) is 16.1 Å². The van der Waals surface area contributed by atoms with E-state index < -0.39 is 23.9 Å². The number of hydrazone groups is 1. The predicted molar refractivity (Wildman–Crippen MR) is 173 cm³/mol. The minimum absolute atomic E-state index is 0.180. The Balaban J connectivity index is 1.33. The number of allylic oxidation sites excluding steroid dienone is 1. The number of carbonyl (C=O) groups is 3. The highest BCUT2D eigenvalue weighted by Crippen LogP contribution is 2.35. The molecule has 4 rings (SSSR count). The van der Waals surface area contributed by atoms with Gasteiger partial charge in [0, 0.05) is 21.3 Å². The Labute approximate surface area is 278 Å². The number of halogens is 3. The highest BCUT2D eigenvalue weighted by molar-refractivity contribution is 9.10. The molecule has 0 bridgehead atoms. The standard InChI is InChI=1S/C31H29BrCl2N4O7/c1-4-43-30(40)28-17(2)36-31(41)37-29(28)19-7-10-25(26(12-19)42-3)45-16-27(39)38-35-14-18-5-9-24(22(32)11-18)44-15-20-6-8-21(33)13-23(20)34/h5-14,29H,4,15-16H2,1-3H3,(H,38,39)(H2,36,37,41)/b35-14-/t29-/m0/s1. The number of hydrogen-bond donors (Lipinski definition) is 3. The number of nitrogens with zero attached hydrogens (tertiary/aromatic N) is 1. The van der Waals surface area contributed by atoms with Crippen molar-refractivity contribution >= 4 is 63.3 Å². The van der Waals surface area contributed by atoms with Crippen LogP contribution in [-0.2, 0) is 20.9 Å². The molecule has 1 aliphatic rings. The zero-order chi connectivity index (χ0) is 32.5. The molecule has 3 N–H and O–H groups in total. The summed E-state index contributed by atoms with van der Waals surface area (Å²) in [5.74, 6) is 0.105. The van der Waals surface area contributed by atoms with Crippen LogP contribution in [0.1, 0.15) is 36.6 Å². The molecule has 11 nitrogen and oxygen atoms in total. The van der Waals surface area contributed by atoms with Gasteiger partial charge in [-0.1, -0.05) is 35.3 Å². The molecule has 0 radical (unpaired) electrons. The average Bonchev–Trinajstić information content (AvgIpc) is 3.00. The number of esters is 1. The fourth-order valence-electron chi connectivity index (χ4n) is 4.27. The Kier molecular flexibility index (Phi) is 11.7. The van der Waals surface area contributed by atoms with Crippen molar-refractivity contribution in [3.63, 3.8) is 0 Å². The Morgan fingerprint density at radius 2 is 1.82 bits per heavy atom. The second-order valence-electron chi connectivity index (χ2n) is 9.50. The van der Waals surface area contributed by atoms with Gasteiger partial charge in [-0.25, -0.2) is 15.0 Å². The van der Waals surface area contributed by atoms with Crippen LogP contribution in [0.15, 0.2) is 75.4 Å². The van der Waals surface area contributed by atoms with Crippen molar-refractivity contribution in [1.29, 1.82) is 0 Å². The number of amides is 3. The summed E-state index contributed by atoms with van der Waals surface area (Å²) in [6.45, 7) is 3.40. The van der Waals surface area contributed by atoms with Crippen LogP contribution < -0.4 is 30.3 Å². The third kappa shape index (κ3) is 8.90. The maximum absolute atomic E-state index is 12.6. The fourth-order valence-corrected chi connectivity index (χ4v) is 5.24. The van der Waals surface area contributed by atoms with Crippen molar-refractivity contribution in [3.05, 3.63) is 97.1 Å². The normalized spacial score (nSPS) is 14.4. The summed E-state index contributed by atoms with van der Waals surface area (Å²) >= 11 is 15.6. The minimum Gasteiger partial charge on any atom is -0.493 e. The van der Waals surface area contributed by atoms with E-state index in [1.54, 1.807) is 68.4 Å². The quantitative estimate of drug-likeness (QED) is 0.118. The van der Waals surface area contributed by atoms with Gasteiger partial charge in [0.25, 0.3) is 5.91 Å². The molecule has 0 aromatic heterocycles. The molecule has 14 heteroatoms. The molecular formula is C31H29BrCl2N4O7. The number of ether oxygens (including phenoxy) is 4. The van der Waals surface area contributed by atoms with Crippen LogP contribution in [-0.4, -0.2) is 44.4 Å². The molecule has 0 saturated heterocycles. The molecule has 3 amide bonds. The molecule has 1 heterocycles. The van der Waals surface area contributed by atoms with Gasteiger partial charge >= 0.3 is 12.0 Å². The summed E-state index contributed by atoms with van der Waals surface area (Å²) in [6.07, 6.45) is 1.47. The first kappa shape index (κ1) is 33.6. The van der Waals surface area contributed by atoms with Gasteiger partial charge in [0.2, 0.25) is 0 Å². The zero-order valence-corrected chi connectivity index (χ0v) is 27.5. The van der Waals surface area contributed by atoms with Crippen molar-refractivity contribution in [3.8, 4) is 17.2 Å². The summed E-state index contributed by atoms with van der Waals surface area (Å²) in [4.78, 5) is 37.2. The minimum atomic E-state index is -0.777. The lowest BCUT2D eigenvalue weighted by molar-refractivity contribution is -0.139. The summed E-state index contributed by atoms with van der Waals surface area (Å²) < 4.78 is 22.8. The topological polar surface area (TPSA) is 137 Å². The average molecular weight is 720 g/mol. The van der Waals surface area contributed by atoms with E-state index >= 15 is 0 Å². The number of methoxy groups -OCH3 is 1. The van der Waals surface area contributed by atoms with E-state index in [1.165, 1.54) is 13.3 Å². The maximum atomic E-state index is 12.6. The van der Waals surface area contributed by atoms with Gasteiger partial charge in [0.15, 0.2) is 18.1 Å². The van der Waals surface area contributed by atoms with Gasteiger partial charge in [0.1, 0.15) is 12.4 Å². The number of hydrogen-bond acceptors (Lipinski definition) is 8. The molecule has 45 heavy (non-hydrogen) atoms. The molecule has 0 aliphatic carbocycles. The molecule has 236 valence electrons. The van der Waals surface area contributed by atoms with E-state index in [0.29, 0.717) is 42.8 Å². The first-order valence-corrected chi connectivity index (χ1v) is 15.1. The molecule has 3 aromatic carbocycles. The van der Waals surface area contributed by atoms with Crippen molar-refractivity contribution in [2.45, 2.75) is 26.5 Å². The molecule has 0 unspecified atom stereocenters. The largest absolute Gasteiger partial charge is 0.493 e. The van der Waals surface area contributed by atoms with Gasteiger partial charge in [-0.05, 0) is 83.4 Å². The summed E-state index contributed by atoms with van der Waals surface area (Å²) in [6, 6.07) is 14.1. The van der Waals surface area contributed by atoms with Crippen LogP contribution in [0.5, 0.6) is 17.2 Å². The molecule has 1 atom stereocenters. The fraction of sp³-hybridized carbons (Fsp3) is 0.226. The van der Waals surface area contributed by atoms with E-state index in [4.69, 9.17) is 42.1 Å². The first-order chi connectivity index (χ1) is 21.6. The Morgan fingerprint density at radius 1 is 1.04 bits per heavy atom. The molecule has 3 aromatic rings. The van der Waals surface area contributed by atoms with E-state index in [9.17, 15) is 14.4 Å². The van der Waals surface area contributed by atoms with E-state index in [-0.39, 0.29) is 31.1 Å². The number of nitrogens with one attached hydrogen (secondary N) is 3. The highest BCUT2D eigenvalue weighted by atomic mass is 79.9. The SMILES string of the molecule is CCOC(=O)C1=C(C)NC(=O)N[C@H]1c1ccc(OCC(=O)N/N=C\c2ccc(OCc3ccc(Cl)cc3Cl)c(Br)c2)c(OC)c1. The Hall–Kier alpha value is -4.26. The second-order valence-corrected chi connectivity index (χ2v) is 11.2. The molecule has 0 saturated carbocycles. The van der Waals surface area contributed by atoms with Crippen molar-refractivity contribution < 1.29 is 33.3 Å². The third-order valence-corrected chi connectivity index (χ3v) is 7.61. The Morgan fingerprint density at radius 3 is 2.53 bits per heavy atom. The van der Waals surface area contributed by atoms with Crippen LogP contribution >= 0.6 is 39.1 Å². The van der Waals surface area contributed by atoms with Gasteiger partial charge in [-0.2, -0.15) is 5.10 Å². The second kappa shape index (κ2) is 15.6. The van der Waals surface area contributed by atoms with E-state index in [2.05, 4.69) is 37.1 Å². The van der Waals surface area contributed by atoms with Crippen LogP contribution in [0.2, 0.25) is 10.0 Å². The smallest absolute Gasteiger partial charge is 0.338 e. The molecule has 0 spiro atoms. The van der Waals surface area contributed by atoms with E-state index in [1.807, 2.05) is 0 Å². The number of urea groups is 1. The number of carbonyl (C=O) groups excluding carboxylic acids is 3. The van der Waals surface area contributed by atoms with Gasteiger partial charge in [0.05, 0.1) is 36.0 Å². The summed E-state index contributed by atoms with van der Waals surface area (Å²) in [7, 11) is 1.44. The van der Waals surface area contributed by atoms with Crippen LogP contribution in [0.25, 0.3) is 0 Å². The Bertz CT molecular complexity index is 1660. The van der Waals surface area contributed by atoms with Gasteiger partial charge < -0.3 is 29.6 Å². The lowest BCUT2D eigenvalue weighted by atomic mass is 9.95. The van der Waals surface area contributed by atoms with Crippen LogP contribution in [0.3, 0.4) is 0 Å². The van der Waals surface area contributed by atoms with Crippen LogP contribution in [0, 0.1) is 0 Å². The molecule has 1 aliphatic heterocycles. The van der Waals surface area contributed by atoms with Crippen molar-refractivity contribution in [2.75, 3.05) is 20.3 Å². The highest BCUT2D eigenvalue weighted by Gasteiger charge is 2.32. The van der Waals surface area contributed by atoms with Gasteiger partial charge in [-0.3, -0.25) is 4.79 Å². The van der Waals surface area contributed by atoms with Crippen LogP contribution in [0.4, 0.5) is 4.79 Å². The molecule has 0 fully saturated rings. The number of rotatable bonds is 12. The summed E-state index contributed by atoms with van der Waals surface area (Å²) in [5, 5.41) is 10.4. The summed E-state index contributed by atoms with van der Waals surface area (Å²) in [5.41, 5.74) is 5.12. The third-order valence-electron chi connectivity index (χ3n) is 6.40. The van der Waals surface area contributed by atoms with Gasteiger partial charge in [-0.15, -0.1) is 0 Å². The lowest BCUT2D eigenvalue weighted by Crippen LogP contribution is -2.45. The zero-order valence-electron chi connectivity index (χ0n) is 24.4. The van der Waals surface area contributed by atoms with Crippen molar-refractivity contribution in [2.24, 2.45) is 5.10 Å². The first-order valence-electron chi connectivity index (χ1n) is 13.5. The lowest BCUT2D eigenvalue weighted by Gasteiger charge is -2.28.